The van der Waals surface area contributed by atoms with Crippen LogP contribution in [0.25, 0.3) is 0 Å². The lowest BCUT2D eigenvalue weighted by Gasteiger charge is -2.29. The van der Waals surface area contributed by atoms with Gasteiger partial charge in [0.05, 0.1) is 25.2 Å². The molecule has 2 rings (SSSR count). The van der Waals surface area contributed by atoms with E-state index in [-0.39, 0.29) is 30.0 Å². The number of carbonyl (C=O) groups excluding carboxylic acids is 1. The smallest absolute Gasteiger partial charge is 0.227 e. The van der Waals surface area contributed by atoms with Crippen LogP contribution in [0.4, 0.5) is 0 Å². The van der Waals surface area contributed by atoms with E-state index in [4.69, 9.17) is 9.47 Å². The fourth-order valence-corrected chi connectivity index (χ4v) is 2.71. The van der Waals surface area contributed by atoms with Gasteiger partial charge in [0.1, 0.15) is 0 Å². The van der Waals surface area contributed by atoms with Gasteiger partial charge in [-0.15, -0.1) is 0 Å². The summed E-state index contributed by atoms with van der Waals surface area (Å²) in [5, 5.41) is 6.45. The van der Waals surface area contributed by atoms with Crippen LogP contribution < -0.4 is 10.6 Å². The lowest BCUT2D eigenvalue weighted by atomic mass is 9.99. The number of hydrogen-bond acceptors (Lipinski definition) is 4. The number of ether oxygens (including phenoxy) is 2. The van der Waals surface area contributed by atoms with Gasteiger partial charge in [0.15, 0.2) is 0 Å². The first kappa shape index (κ1) is 13.8. The van der Waals surface area contributed by atoms with Crippen molar-refractivity contribution in [1.29, 1.82) is 0 Å². The molecule has 0 aromatic heterocycles. The molecule has 2 N–H and O–H groups in total. The van der Waals surface area contributed by atoms with Crippen LogP contribution in [0.5, 0.6) is 0 Å². The Hall–Kier alpha value is -0.650. The van der Waals surface area contributed by atoms with E-state index in [0.29, 0.717) is 13.2 Å². The maximum Gasteiger partial charge on any atom is 0.227 e. The molecule has 5 nitrogen and oxygen atoms in total. The Morgan fingerprint density at radius 3 is 2.94 bits per heavy atom. The molecule has 0 spiro atoms. The number of nitrogens with one attached hydrogen (secondary N) is 2. The zero-order valence-electron chi connectivity index (χ0n) is 11.3. The Morgan fingerprint density at radius 1 is 1.39 bits per heavy atom. The molecule has 2 aliphatic rings. The van der Waals surface area contributed by atoms with Crippen molar-refractivity contribution in [3.63, 3.8) is 0 Å². The molecule has 0 saturated carbocycles. The molecule has 0 radical (unpaired) electrons. The second kappa shape index (κ2) is 6.50. The molecule has 0 aliphatic carbocycles. The summed E-state index contributed by atoms with van der Waals surface area (Å²) in [6.07, 6.45) is 2.06. The fourth-order valence-electron chi connectivity index (χ4n) is 2.71. The van der Waals surface area contributed by atoms with Crippen molar-refractivity contribution in [2.75, 3.05) is 26.4 Å². The van der Waals surface area contributed by atoms with Crippen molar-refractivity contribution >= 4 is 5.91 Å². The van der Waals surface area contributed by atoms with E-state index in [0.717, 1.165) is 26.0 Å². The van der Waals surface area contributed by atoms with Crippen LogP contribution in [0.3, 0.4) is 0 Å². The second-order valence-corrected chi connectivity index (χ2v) is 5.22. The normalized spacial score (nSPS) is 36.6. The molecule has 4 unspecified atom stereocenters. The summed E-state index contributed by atoms with van der Waals surface area (Å²) in [5.74, 6) is 0.0700. The molecule has 0 aromatic rings. The van der Waals surface area contributed by atoms with Crippen molar-refractivity contribution in [1.82, 2.24) is 10.6 Å². The van der Waals surface area contributed by atoms with Crippen molar-refractivity contribution in [2.45, 2.75) is 44.9 Å². The lowest BCUT2D eigenvalue weighted by molar-refractivity contribution is -0.127. The van der Waals surface area contributed by atoms with E-state index in [9.17, 15) is 4.79 Å². The van der Waals surface area contributed by atoms with E-state index in [2.05, 4.69) is 17.6 Å². The molecule has 4 atom stereocenters. The minimum Gasteiger partial charge on any atom is -0.379 e. The van der Waals surface area contributed by atoms with Crippen LogP contribution in [0.2, 0.25) is 0 Å². The monoisotopic (exact) mass is 256 g/mol. The highest BCUT2D eigenvalue weighted by molar-refractivity contribution is 5.80. The molecule has 0 bridgehead atoms. The van der Waals surface area contributed by atoms with Gasteiger partial charge in [0.25, 0.3) is 0 Å². The number of carbonyl (C=O) groups is 1. The Morgan fingerprint density at radius 2 is 2.22 bits per heavy atom. The van der Waals surface area contributed by atoms with Gasteiger partial charge in [-0.3, -0.25) is 4.79 Å². The number of likely N-dealkylation sites (N-methyl/N-ethyl adjacent to an activating group) is 1. The molecule has 0 aromatic carbocycles. The number of rotatable bonds is 4. The summed E-state index contributed by atoms with van der Waals surface area (Å²) in [4.78, 5) is 12.2. The lowest BCUT2D eigenvalue weighted by Crippen LogP contribution is -2.48. The quantitative estimate of drug-likeness (QED) is 0.759. The van der Waals surface area contributed by atoms with Gasteiger partial charge < -0.3 is 20.1 Å². The predicted octanol–water partition coefficient (Wildman–Crippen LogP) is 0.295. The first-order valence-electron chi connectivity index (χ1n) is 6.93. The van der Waals surface area contributed by atoms with E-state index >= 15 is 0 Å². The summed E-state index contributed by atoms with van der Waals surface area (Å²) < 4.78 is 10.9. The summed E-state index contributed by atoms with van der Waals surface area (Å²) >= 11 is 0. The minimum absolute atomic E-state index is 0.0527. The van der Waals surface area contributed by atoms with Gasteiger partial charge >= 0.3 is 0 Å². The summed E-state index contributed by atoms with van der Waals surface area (Å²) in [6, 6.07) is 0.413. The first-order chi connectivity index (χ1) is 8.70. The van der Waals surface area contributed by atoms with Crippen LogP contribution in [-0.2, 0) is 14.3 Å². The van der Waals surface area contributed by atoms with Gasteiger partial charge in [-0.1, -0.05) is 6.92 Å². The second-order valence-electron chi connectivity index (χ2n) is 5.22. The van der Waals surface area contributed by atoms with Crippen molar-refractivity contribution in [3.8, 4) is 0 Å². The third-order valence-corrected chi connectivity index (χ3v) is 3.72. The van der Waals surface area contributed by atoms with Crippen LogP contribution in [0.1, 0.15) is 26.7 Å². The fraction of sp³-hybridized carbons (Fsp3) is 0.923. The minimum atomic E-state index is -0.0527. The van der Waals surface area contributed by atoms with Gasteiger partial charge in [0.2, 0.25) is 5.91 Å². The predicted molar refractivity (Wildman–Crippen MR) is 68.4 cm³/mol. The Labute approximate surface area is 109 Å². The maximum absolute atomic E-state index is 12.2. The zero-order chi connectivity index (χ0) is 13.0. The highest BCUT2D eigenvalue weighted by Crippen LogP contribution is 2.17. The van der Waals surface area contributed by atoms with Crippen LogP contribution in [0.15, 0.2) is 0 Å². The molecule has 18 heavy (non-hydrogen) atoms. The standard InChI is InChI=1S/C13H24N2O3/c1-3-14-12-8-17-7-11(12)13(16)15-10-4-5-18-9(2)6-10/h9-12,14H,3-8H2,1-2H3,(H,15,16). The van der Waals surface area contributed by atoms with Gasteiger partial charge in [-0.25, -0.2) is 0 Å². The maximum atomic E-state index is 12.2. The highest BCUT2D eigenvalue weighted by Gasteiger charge is 2.34. The van der Waals surface area contributed by atoms with Crippen molar-refractivity contribution in [3.05, 3.63) is 0 Å². The van der Waals surface area contributed by atoms with Gasteiger partial charge in [0, 0.05) is 18.7 Å². The van der Waals surface area contributed by atoms with Crippen LogP contribution >= 0.6 is 0 Å². The average molecular weight is 256 g/mol. The molecular formula is C13H24N2O3. The Kier molecular flexibility index (Phi) is 4.97. The molecule has 5 heteroatoms. The Balaban J connectivity index is 1.83. The van der Waals surface area contributed by atoms with Crippen molar-refractivity contribution < 1.29 is 14.3 Å². The topological polar surface area (TPSA) is 59.6 Å². The highest BCUT2D eigenvalue weighted by atomic mass is 16.5. The first-order valence-corrected chi connectivity index (χ1v) is 6.93. The van der Waals surface area contributed by atoms with Gasteiger partial charge in [-0.05, 0) is 26.3 Å². The average Bonchev–Trinajstić information content (AvgIpc) is 2.78. The van der Waals surface area contributed by atoms with Crippen LogP contribution in [-0.4, -0.2) is 50.5 Å². The van der Waals surface area contributed by atoms with E-state index in [1.807, 2.05) is 6.92 Å². The molecule has 2 saturated heterocycles. The third kappa shape index (κ3) is 3.43. The Bertz CT molecular complexity index is 285. The number of hydrogen-bond donors (Lipinski definition) is 2. The zero-order valence-corrected chi connectivity index (χ0v) is 11.3. The van der Waals surface area contributed by atoms with E-state index in [1.54, 1.807) is 0 Å². The summed E-state index contributed by atoms with van der Waals surface area (Å²) in [5.41, 5.74) is 0. The SMILES string of the molecule is CCNC1COCC1C(=O)NC1CCOC(C)C1. The summed E-state index contributed by atoms with van der Waals surface area (Å²) in [6.45, 7) is 6.88. The van der Waals surface area contributed by atoms with Gasteiger partial charge in [-0.2, -0.15) is 0 Å². The molecular weight excluding hydrogens is 232 g/mol. The summed E-state index contributed by atoms with van der Waals surface area (Å²) in [7, 11) is 0. The molecule has 2 heterocycles. The molecule has 2 aliphatic heterocycles. The largest absolute Gasteiger partial charge is 0.379 e. The third-order valence-electron chi connectivity index (χ3n) is 3.72. The van der Waals surface area contributed by atoms with Crippen LogP contribution in [0, 0.1) is 5.92 Å². The van der Waals surface area contributed by atoms with Crippen molar-refractivity contribution in [2.24, 2.45) is 5.92 Å². The number of amides is 1. The molecule has 2 fully saturated rings. The molecule has 1 amide bonds. The van der Waals surface area contributed by atoms with E-state index in [1.165, 1.54) is 0 Å². The van der Waals surface area contributed by atoms with E-state index < -0.39 is 0 Å². The molecule has 104 valence electrons.